The molecule has 0 bridgehead atoms. The van der Waals surface area contributed by atoms with E-state index in [1.165, 1.54) is 6.07 Å². The maximum absolute atomic E-state index is 13.2. The first-order valence-electron chi connectivity index (χ1n) is 10.4. The first kappa shape index (κ1) is 27.5. The van der Waals surface area contributed by atoms with Crippen molar-refractivity contribution in [2.75, 3.05) is 25.0 Å². The van der Waals surface area contributed by atoms with Crippen molar-refractivity contribution in [3.8, 4) is 0 Å². The molecule has 0 radical (unpaired) electrons. The summed E-state index contributed by atoms with van der Waals surface area (Å²) in [4.78, 5) is 64.5. The highest BCUT2D eigenvalue weighted by Gasteiger charge is 2.27. The number of primary amides is 1. The minimum absolute atomic E-state index is 0.0660. The topological polar surface area (TPSA) is 250 Å². The molecule has 1 aromatic carbocycles. The lowest BCUT2D eigenvalue weighted by Gasteiger charge is -2.22. The highest BCUT2D eigenvalue weighted by molar-refractivity contribution is 14.1. The number of nitro groups is 1. The summed E-state index contributed by atoms with van der Waals surface area (Å²) < 4.78 is 0.363. The van der Waals surface area contributed by atoms with Gasteiger partial charge in [-0.2, -0.15) is 0 Å². The molecule has 4 amide bonds. The number of anilines is 1. The number of nitrogens with zero attached hydrogens (tertiary/aromatic N) is 2. The van der Waals surface area contributed by atoms with Gasteiger partial charge in [0.05, 0.1) is 22.7 Å². The fourth-order valence-electron chi connectivity index (χ4n) is 3.23. The Morgan fingerprint density at radius 3 is 2.51 bits per heavy atom. The minimum atomic E-state index is -1.11. The van der Waals surface area contributed by atoms with Crippen molar-refractivity contribution < 1.29 is 24.1 Å². The lowest BCUT2D eigenvalue weighted by molar-refractivity contribution is -0.384. The van der Waals surface area contributed by atoms with Crippen LogP contribution >= 0.6 is 22.6 Å². The molecule has 35 heavy (non-hydrogen) atoms. The first-order chi connectivity index (χ1) is 16.5. The van der Waals surface area contributed by atoms with E-state index in [1.54, 1.807) is 0 Å². The Balaban J connectivity index is 2.43. The Bertz CT molecular complexity index is 1040. The zero-order chi connectivity index (χ0) is 26.1. The van der Waals surface area contributed by atoms with Crippen molar-refractivity contribution in [1.82, 2.24) is 16.0 Å². The third-order valence-corrected chi connectivity index (χ3v) is 5.78. The van der Waals surface area contributed by atoms with E-state index in [0.29, 0.717) is 9.99 Å². The van der Waals surface area contributed by atoms with Gasteiger partial charge >= 0.3 is 0 Å². The maximum atomic E-state index is 13.2. The van der Waals surface area contributed by atoms with Crippen LogP contribution in [0.2, 0.25) is 0 Å². The number of fused-ring (bicyclic) bond motifs is 1. The van der Waals surface area contributed by atoms with Gasteiger partial charge in [-0.15, -0.1) is 0 Å². The molecule has 2 atom stereocenters. The Morgan fingerprint density at radius 1 is 1.17 bits per heavy atom. The normalized spacial score (nSPS) is 19.1. The van der Waals surface area contributed by atoms with E-state index < -0.39 is 47.2 Å². The number of carbonyl (C=O) groups excluding carboxylic acids is 4. The number of benzene rings is 1. The van der Waals surface area contributed by atoms with Crippen LogP contribution in [0, 0.1) is 13.7 Å². The third kappa shape index (κ3) is 8.23. The van der Waals surface area contributed by atoms with Crippen molar-refractivity contribution >= 4 is 63.6 Å². The lowest BCUT2D eigenvalue weighted by atomic mass is 10.1. The van der Waals surface area contributed by atoms with E-state index in [0.717, 1.165) is 6.07 Å². The smallest absolute Gasteiger partial charge is 0.271 e. The molecule has 0 unspecified atom stereocenters. The molecule has 0 fully saturated rings. The maximum Gasteiger partial charge on any atom is 0.271 e. The van der Waals surface area contributed by atoms with Gasteiger partial charge in [-0.1, -0.05) is 0 Å². The summed E-state index contributed by atoms with van der Waals surface area (Å²) in [6, 6.07) is 0.213. The largest absolute Gasteiger partial charge is 0.383 e. The van der Waals surface area contributed by atoms with Crippen LogP contribution in [0.15, 0.2) is 17.1 Å². The zero-order valence-electron chi connectivity index (χ0n) is 18.5. The summed E-state index contributed by atoms with van der Waals surface area (Å²) in [6.45, 7) is -0.170. The number of non-ortho nitro benzene ring substituents is 1. The summed E-state index contributed by atoms with van der Waals surface area (Å²) in [5, 5.41) is 21.8. The number of nitro benzene ring substituents is 1. The zero-order valence-corrected chi connectivity index (χ0v) is 20.7. The van der Waals surface area contributed by atoms with Gasteiger partial charge in [0.2, 0.25) is 17.7 Å². The molecule has 0 spiro atoms. The van der Waals surface area contributed by atoms with Gasteiger partial charge in [-0.25, -0.2) is 0 Å². The molecular weight excluding hydrogens is 577 g/mol. The molecule has 1 aliphatic heterocycles. The molecule has 0 aliphatic carbocycles. The van der Waals surface area contributed by atoms with Crippen LogP contribution in [0.3, 0.4) is 0 Å². The van der Waals surface area contributed by atoms with Gasteiger partial charge in [-0.05, 0) is 41.9 Å². The van der Waals surface area contributed by atoms with Crippen molar-refractivity contribution in [1.29, 1.82) is 0 Å². The predicted octanol–water partition coefficient (Wildman–Crippen LogP) is -1.75. The van der Waals surface area contributed by atoms with Crippen LogP contribution in [0.1, 0.15) is 29.6 Å². The standard InChI is InChI=1S/C19H26IN9O6/c20-11-7-9(29(34)35)6-10-15(11)24-5-3-12(16(21)31)27-14(30)8-26-18(33)13(28-17(10)32)2-1-4-25-19(22)23/h6-7,12-13,24H,1-5,8H2,(H2,21,31)(H,26,33)(H,27,30)(H,28,32)(H4,22,23,25)/t12-,13-/m0/s1. The van der Waals surface area contributed by atoms with Gasteiger partial charge in [0.25, 0.3) is 11.6 Å². The van der Waals surface area contributed by atoms with Crippen LogP contribution in [-0.4, -0.2) is 66.2 Å². The molecule has 10 N–H and O–H groups in total. The molecule has 190 valence electrons. The fourth-order valence-corrected chi connectivity index (χ4v) is 4.03. The van der Waals surface area contributed by atoms with Gasteiger partial charge in [0.15, 0.2) is 5.96 Å². The van der Waals surface area contributed by atoms with E-state index in [1.807, 2.05) is 22.6 Å². The molecule has 1 aliphatic rings. The molecule has 1 aromatic rings. The number of hydrogen-bond acceptors (Lipinski definition) is 8. The van der Waals surface area contributed by atoms with Crippen LogP contribution in [-0.2, 0) is 14.4 Å². The number of aliphatic imine (C=N–C) groups is 1. The van der Waals surface area contributed by atoms with Gasteiger partial charge in [0, 0.05) is 28.8 Å². The number of halogens is 1. The van der Waals surface area contributed by atoms with E-state index in [9.17, 15) is 29.3 Å². The molecule has 1 heterocycles. The molecule has 0 aromatic heterocycles. The number of rotatable bonds is 6. The highest BCUT2D eigenvalue weighted by atomic mass is 127. The summed E-state index contributed by atoms with van der Waals surface area (Å²) in [5.74, 6) is -2.99. The van der Waals surface area contributed by atoms with Crippen LogP contribution in [0.25, 0.3) is 0 Å². The highest BCUT2D eigenvalue weighted by Crippen LogP contribution is 2.29. The number of guanidine groups is 1. The molecule has 15 nitrogen and oxygen atoms in total. The summed E-state index contributed by atoms with van der Waals surface area (Å²) >= 11 is 1.83. The number of hydrogen-bond donors (Lipinski definition) is 7. The van der Waals surface area contributed by atoms with E-state index in [4.69, 9.17) is 17.2 Å². The molecular formula is C19H26IN9O6. The first-order valence-corrected chi connectivity index (χ1v) is 11.5. The lowest BCUT2D eigenvalue weighted by Crippen LogP contribution is -2.52. The van der Waals surface area contributed by atoms with Crippen LogP contribution < -0.4 is 38.5 Å². The predicted molar refractivity (Wildman–Crippen MR) is 134 cm³/mol. The quantitative estimate of drug-likeness (QED) is 0.0486. The minimum Gasteiger partial charge on any atom is -0.383 e. The average Bonchev–Trinajstić information content (AvgIpc) is 2.78. The third-order valence-electron chi connectivity index (χ3n) is 4.93. The number of nitrogens with two attached hydrogens (primary N) is 3. The van der Waals surface area contributed by atoms with Gasteiger partial charge in [-0.3, -0.25) is 34.3 Å². The Labute approximate surface area is 213 Å². The van der Waals surface area contributed by atoms with Crippen molar-refractivity contribution in [2.45, 2.75) is 31.3 Å². The fraction of sp³-hybridized carbons (Fsp3) is 0.421. The van der Waals surface area contributed by atoms with Crippen molar-refractivity contribution in [3.05, 3.63) is 31.4 Å². The number of nitrogens with one attached hydrogen (secondary N) is 4. The van der Waals surface area contributed by atoms with Crippen LogP contribution in [0.4, 0.5) is 11.4 Å². The number of amides is 4. The SMILES string of the molecule is NC(=O)[C@@H]1CCNc2c(I)cc([N+](=O)[O-])cc2C(=O)N[C@@H](CCCN=C(N)N)C(=O)NCC(=O)N1. The molecule has 0 saturated heterocycles. The molecule has 16 heteroatoms. The Hall–Kier alpha value is -3.70. The summed E-state index contributed by atoms with van der Waals surface area (Å²) in [6.07, 6.45) is 0.481. The Kier molecular flexibility index (Phi) is 9.98. The average molecular weight is 603 g/mol. The second-order valence-corrected chi connectivity index (χ2v) is 8.70. The second kappa shape index (κ2) is 12.7. The summed E-state index contributed by atoms with van der Waals surface area (Å²) in [7, 11) is 0. The molecule has 2 rings (SSSR count). The van der Waals surface area contributed by atoms with Gasteiger partial charge < -0.3 is 38.5 Å². The second-order valence-electron chi connectivity index (χ2n) is 7.54. The monoisotopic (exact) mass is 603 g/mol. The van der Waals surface area contributed by atoms with Gasteiger partial charge in [0.1, 0.15) is 12.1 Å². The van der Waals surface area contributed by atoms with E-state index in [2.05, 4.69) is 26.3 Å². The van der Waals surface area contributed by atoms with E-state index >= 15 is 0 Å². The van der Waals surface area contributed by atoms with Crippen molar-refractivity contribution in [2.24, 2.45) is 22.2 Å². The summed E-state index contributed by atoms with van der Waals surface area (Å²) in [5.41, 5.74) is 15.8. The number of carbonyl (C=O) groups is 4. The van der Waals surface area contributed by atoms with E-state index in [-0.39, 0.29) is 48.8 Å². The molecule has 0 saturated carbocycles. The van der Waals surface area contributed by atoms with Crippen molar-refractivity contribution in [3.63, 3.8) is 0 Å². The Morgan fingerprint density at radius 2 is 1.89 bits per heavy atom. The van der Waals surface area contributed by atoms with Crippen LogP contribution in [0.5, 0.6) is 0 Å².